The Hall–Kier alpha value is -2.15. The second-order valence-electron chi connectivity index (χ2n) is 5.25. The normalized spacial score (nSPS) is 11.6. The van der Waals surface area contributed by atoms with Crippen molar-refractivity contribution in [2.45, 2.75) is 39.5 Å². The van der Waals surface area contributed by atoms with Gasteiger partial charge in [0.2, 0.25) is 12.3 Å². The molecular formula is C15H24N4O3. The zero-order valence-electron chi connectivity index (χ0n) is 13.1. The van der Waals surface area contributed by atoms with Crippen molar-refractivity contribution >= 4 is 18.1 Å². The molecule has 3 N–H and O–H groups in total. The average molecular weight is 308 g/mol. The highest BCUT2D eigenvalue weighted by Gasteiger charge is 2.20. The van der Waals surface area contributed by atoms with Crippen LogP contribution in [0.4, 0.5) is 5.82 Å². The highest BCUT2D eigenvalue weighted by atomic mass is 16.5. The third-order valence-electron chi connectivity index (χ3n) is 3.29. The molecule has 0 saturated carbocycles. The van der Waals surface area contributed by atoms with Crippen molar-refractivity contribution in [3.8, 4) is 0 Å². The van der Waals surface area contributed by atoms with Crippen LogP contribution in [0.2, 0.25) is 0 Å². The van der Waals surface area contributed by atoms with E-state index in [1.54, 1.807) is 12.3 Å². The van der Waals surface area contributed by atoms with Crippen molar-refractivity contribution < 1.29 is 14.8 Å². The maximum absolute atomic E-state index is 12.2. The number of aromatic nitrogens is 1. The monoisotopic (exact) mass is 308 g/mol. The molecule has 1 atom stereocenters. The van der Waals surface area contributed by atoms with Gasteiger partial charge in [-0.15, -0.1) is 0 Å². The van der Waals surface area contributed by atoms with Crippen LogP contribution >= 0.6 is 0 Å². The Morgan fingerprint density at radius 2 is 2.27 bits per heavy atom. The van der Waals surface area contributed by atoms with Gasteiger partial charge in [-0.3, -0.25) is 25.6 Å². The number of carbonyl (C=O) groups is 2. The largest absolute Gasteiger partial charge is 0.286 e. The molecule has 0 fully saturated rings. The van der Waals surface area contributed by atoms with E-state index < -0.39 is 5.92 Å². The van der Waals surface area contributed by atoms with E-state index >= 15 is 0 Å². The lowest BCUT2D eigenvalue weighted by Gasteiger charge is -2.19. The van der Waals surface area contributed by atoms with Crippen LogP contribution in [0.25, 0.3) is 0 Å². The zero-order valence-corrected chi connectivity index (χ0v) is 13.1. The maximum atomic E-state index is 12.2. The number of nitrogens with one attached hydrogen (secondary N) is 2. The summed E-state index contributed by atoms with van der Waals surface area (Å²) < 4.78 is 0. The minimum atomic E-state index is -0.473. The summed E-state index contributed by atoms with van der Waals surface area (Å²) in [5.41, 5.74) is 6.35. The van der Waals surface area contributed by atoms with Crippen molar-refractivity contribution in [3.05, 3.63) is 23.9 Å². The number of nitrogens with zero attached hydrogens (tertiary/aromatic N) is 2. The SMILES string of the molecule is CCCCC[C@H](CN(O)C=O)C(=O)NNc1cc(C)ccn1. The summed E-state index contributed by atoms with van der Waals surface area (Å²) in [6.07, 6.45) is 5.46. The molecule has 1 heterocycles. The lowest BCUT2D eigenvalue weighted by Crippen LogP contribution is -2.40. The van der Waals surface area contributed by atoms with E-state index in [9.17, 15) is 14.8 Å². The van der Waals surface area contributed by atoms with Gasteiger partial charge in [-0.25, -0.2) is 10.0 Å². The van der Waals surface area contributed by atoms with Gasteiger partial charge < -0.3 is 0 Å². The number of aryl methyl sites for hydroxylation is 1. The molecule has 1 aromatic rings. The second-order valence-corrected chi connectivity index (χ2v) is 5.25. The molecule has 22 heavy (non-hydrogen) atoms. The summed E-state index contributed by atoms with van der Waals surface area (Å²) in [6, 6.07) is 3.66. The molecule has 122 valence electrons. The Bertz CT molecular complexity index is 482. The second kappa shape index (κ2) is 9.73. The molecule has 0 radical (unpaired) electrons. The first-order chi connectivity index (χ1) is 10.6. The van der Waals surface area contributed by atoms with E-state index in [0.29, 0.717) is 23.7 Å². The number of hydrogen-bond donors (Lipinski definition) is 3. The fourth-order valence-corrected chi connectivity index (χ4v) is 2.05. The van der Waals surface area contributed by atoms with Crippen LogP contribution in [0.5, 0.6) is 0 Å². The van der Waals surface area contributed by atoms with Crippen LogP contribution in [0, 0.1) is 12.8 Å². The number of anilines is 1. The van der Waals surface area contributed by atoms with Gasteiger partial charge in [-0.2, -0.15) is 0 Å². The Labute approximate surface area is 130 Å². The van der Waals surface area contributed by atoms with Crippen molar-refractivity contribution in [3.63, 3.8) is 0 Å². The first-order valence-electron chi connectivity index (χ1n) is 7.46. The van der Waals surface area contributed by atoms with Gasteiger partial charge in [0.1, 0.15) is 5.82 Å². The number of unbranched alkanes of at least 4 members (excludes halogenated alkanes) is 2. The van der Waals surface area contributed by atoms with Crippen molar-refractivity contribution in [2.75, 3.05) is 12.0 Å². The lowest BCUT2D eigenvalue weighted by atomic mass is 10.0. The Morgan fingerprint density at radius 1 is 1.50 bits per heavy atom. The number of hydrogen-bond acceptors (Lipinski definition) is 5. The highest BCUT2D eigenvalue weighted by Crippen LogP contribution is 2.12. The standard InChI is InChI=1S/C15H24N4O3/c1-3-4-5-6-13(10-19(22)11-20)15(21)18-17-14-9-12(2)7-8-16-14/h7-9,11,13,22H,3-6,10H2,1-2H3,(H,16,17)(H,18,21)/t13-/m1/s1. The molecule has 2 amide bonds. The smallest absolute Gasteiger partial charge is 0.243 e. The fourth-order valence-electron chi connectivity index (χ4n) is 2.05. The molecule has 0 saturated heterocycles. The predicted octanol–water partition coefficient (Wildman–Crippen LogP) is 1.88. The molecule has 1 aromatic heterocycles. The lowest BCUT2D eigenvalue weighted by molar-refractivity contribution is -0.154. The van der Waals surface area contributed by atoms with Gasteiger partial charge in [0, 0.05) is 6.20 Å². The fraction of sp³-hybridized carbons (Fsp3) is 0.533. The van der Waals surface area contributed by atoms with Gasteiger partial charge in [0.25, 0.3) is 0 Å². The number of hydroxylamine groups is 2. The summed E-state index contributed by atoms with van der Waals surface area (Å²) in [5.74, 6) is -0.212. The van der Waals surface area contributed by atoms with Crippen LogP contribution in [0.1, 0.15) is 38.2 Å². The zero-order chi connectivity index (χ0) is 16.4. The number of hydrazine groups is 1. The van der Waals surface area contributed by atoms with Gasteiger partial charge in [0.15, 0.2) is 0 Å². The van der Waals surface area contributed by atoms with E-state index in [1.807, 2.05) is 13.0 Å². The highest BCUT2D eigenvalue weighted by molar-refractivity contribution is 5.80. The van der Waals surface area contributed by atoms with Crippen LogP contribution in [-0.2, 0) is 9.59 Å². The molecule has 0 aromatic carbocycles. The molecule has 7 heteroatoms. The van der Waals surface area contributed by atoms with Crippen LogP contribution < -0.4 is 10.9 Å². The number of amides is 2. The Morgan fingerprint density at radius 3 is 2.91 bits per heavy atom. The molecule has 0 aliphatic rings. The number of pyridine rings is 1. The summed E-state index contributed by atoms with van der Waals surface area (Å²) in [7, 11) is 0. The van der Waals surface area contributed by atoms with E-state index in [1.165, 1.54) is 0 Å². The molecule has 1 rings (SSSR count). The molecule has 0 bridgehead atoms. The van der Waals surface area contributed by atoms with E-state index in [0.717, 1.165) is 24.8 Å². The van der Waals surface area contributed by atoms with Gasteiger partial charge in [0.05, 0.1) is 12.5 Å². The van der Waals surface area contributed by atoms with E-state index in [2.05, 4.69) is 22.8 Å². The minimum absolute atomic E-state index is 0.0258. The maximum Gasteiger partial charge on any atom is 0.243 e. The molecule has 0 spiro atoms. The van der Waals surface area contributed by atoms with E-state index in [4.69, 9.17) is 0 Å². The van der Waals surface area contributed by atoms with Gasteiger partial charge >= 0.3 is 0 Å². The first kappa shape index (κ1) is 17.9. The Balaban J connectivity index is 2.55. The molecule has 0 unspecified atom stereocenters. The van der Waals surface area contributed by atoms with Gasteiger partial charge in [-0.1, -0.05) is 26.2 Å². The number of rotatable bonds is 10. The third kappa shape index (κ3) is 6.53. The van der Waals surface area contributed by atoms with Crippen LogP contribution in [0.3, 0.4) is 0 Å². The average Bonchev–Trinajstić information content (AvgIpc) is 2.51. The topological polar surface area (TPSA) is 94.6 Å². The molecule has 0 aliphatic heterocycles. The minimum Gasteiger partial charge on any atom is -0.286 e. The summed E-state index contributed by atoms with van der Waals surface area (Å²) in [4.78, 5) is 26.8. The van der Waals surface area contributed by atoms with Crippen LogP contribution in [0.15, 0.2) is 18.3 Å². The van der Waals surface area contributed by atoms with Crippen LogP contribution in [-0.4, -0.2) is 34.1 Å². The molecule has 0 aliphatic carbocycles. The number of carbonyl (C=O) groups excluding carboxylic acids is 2. The summed E-state index contributed by atoms with van der Waals surface area (Å²) in [5, 5.41) is 9.81. The third-order valence-corrected chi connectivity index (χ3v) is 3.29. The molecule has 7 nitrogen and oxygen atoms in total. The quantitative estimate of drug-likeness (QED) is 0.265. The summed E-state index contributed by atoms with van der Waals surface area (Å²) in [6.45, 7) is 3.97. The summed E-state index contributed by atoms with van der Waals surface area (Å²) >= 11 is 0. The molecular weight excluding hydrogens is 284 g/mol. The van der Waals surface area contributed by atoms with Gasteiger partial charge in [-0.05, 0) is 31.0 Å². The van der Waals surface area contributed by atoms with E-state index in [-0.39, 0.29) is 12.5 Å². The Kier molecular flexibility index (Phi) is 7.91. The van der Waals surface area contributed by atoms with Crippen molar-refractivity contribution in [1.82, 2.24) is 15.5 Å². The van der Waals surface area contributed by atoms with Crippen molar-refractivity contribution in [2.24, 2.45) is 5.92 Å². The van der Waals surface area contributed by atoms with Crippen molar-refractivity contribution in [1.29, 1.82) is 0 Å². The first-order valence-corrected chi connectivity index (χ1v) is 7.46. The predicted molar refractivity (Wildman–Crippen MR) is 82.9 cm³/mol.